The van der Waals surface area contributed by atoms with Gasteiger partial charge < -0.3 is 10.6 Å². The fourth-order valence-corrected chi connectivity index (χ4v) is 6.44. The first-order valence-corrected chi connectivity index (χ1v) is 8.74. The summed E-state index contributed by atoms with van der Waals surface area (Å²) in [6.45, 7) is 2.41. The van der Waals surface area contributed by atoms with E-state index in [2.05, 4.69) is 13.0 Å². The van der Waals surface area contributed by atoms with Crippen LogP contribution in [0.2, 0.25) is 0 Å². The molecule has 116 valence electrons. The Morgan fingerprint density at radius 1 is 1.10 bits per heavy atom. The summed E-state index contributed by atoms with van der Waals surface area (Å²) in [4.78, 5) is 14.0. The monoisotopic (exact) mass is 288 g/mol. The molecule has 0 aromatic rings. The zero-order valence-corrected chi connectivity index (χ0v) is 13.3. The van der Waals surface area contributed by atoms with E-state index in [4.69, 9.17) is 5.73 Å². The van der Waals surface area contributed by atoms with E-state index in [0.29, 0.717) is 12.1 Å². The lowest BCUT2D eigenvalue weighted by molar-refractivity contribution is -0.136. The van der Waals surface area contributed by atoms with Crippen molar-refractivity contribution >= 4 is 5.91 Å². The Balaban J connectivity index is 1.67. The van der Waals surface area contributed by atoms with Gasteiger partial charge in [-0.3, -0.25) is 4.79 Å². The molecule has 0 bridgehead atoms. The maximum atomic E-state index is 12.0. The summed E-state index contributed by atoms with van der Waals surface area (Å²) in [5.74, 6) is 3.40. The second-order valence-electron chi connectivity index (χ2n) is 8.16. The summed E-state index contributed by atoms with van der Waals surface area (Å²) < 4.78 is 0. The van der Waals surface area contributed by atoms with Gasteiger partial charge in [-0.15, -0.1) is 0 Å². The lowest BCUT2D eigenvalue weighted by atomic mass is 9.51. The van der Waals surface area contributed by atoms with E-state index in [1.807, 2.05) is 18.0 Å². The SMILES string of the molecule is CN1C(=O)C=C[C@]2(C)[C@H]3CCC4C(N)CC[C@H]4[C@@H]3CC[C@@H]12. The molecule has 1 amide bonds. The molecule has 3 fully saturated rings. The minimum absolute atomic E-state index is 0.184. The maximum absolute atomic E-state index is 12.0. The molecule has 0 radical (unpaired) electrons. The fourth-order valence-electron chi connectivity index (χ4n) is 6.44. The van der Waals surface area contributed by atoms with Gasteiger partial charge in [-0.05, 0) is 68.3 Å². The predicted molar refractivity (Wildman–Crippen MR) is 83.4 cm³/mol. The van der Waals surface area contributed by atoms with Crippen LogP contribution in [0.1, 0.15) is 45.4 Å². The van der Waals surface area contributed by atoms with Crippen molar-refractivity contribution in [2.24, 2.45) is 34.8 Å². The van der Waals surface area contributed by atoms with Gasteiger partial charge in [0.2, 0.25) is 5.91 Å². The molecule has 0 aromatic heterocycles. The third kappa shape index (κ3) is 1.79. The molecular formula is C18H28N2O. The minimum Gasteiger partial charge on any atom is -0.338 e. The van der Waals surface area contributed by atoms with Crippen LogP contribution in [0, 0.1) is 29.1 Å². The average molecular weight is 288 g/mol. The number of carbonyl (C=O) groups is 1. The molecule has 2 unspecified atom stereocenters. The fraction of sp³-hybridized carbons (Fsp3) is 0.833. The number of nitrogens with zero attached hydrogens (tertiary/aromatic N) is 1. The highest BCUT2D eigenvalue weighted by molar-refractivity contribution is 5.89. The van der Waals surface area contributed by atoms with Crippen molar-refractivity contribution in [3.63, 3.8) is 0 Å². The van der Waals surface area contributed by atoms with Gasteiger partial charge in [-0.1, -0.05) is 13.0 Å². The highest BCUT2D eigenvalue weighted by Gasteiger charge is 2.56. The standard InChI is InChI=1S/C18H28N2O/c1-18-10-9-17(21)20(2)16(18)8-5-12-11-4-7-15(19)13(11)3-6-14(12)18/h9-16H,3-8,19H2,1-2H3/t11-,12-,13?,14-,15?,16+,18+/m0/s1. The van der Waals surface area contributed by atoms with Gasteiger partial charge in [0.1, 0.15) is 0 Å². The normalized spacial score (nSPS) is 52.3. The molecule has 2 N–H and O–H groups in total. The molecule has 0 spiro atoms. The number of fused-ring (bicyclic) bond motifs is 5. The van der Waals surface area contributed by atoms with E-state index >= 15 is 0 Å². The molecule has 3 heteroatoms. The molecule has 7 atom stereocenters. The Hall–Kier alpha value is -0.830. The van der Waals surface area contributed by atoms with Gasteiger partial charge in [-0.25, -0.2) is 0 Å². The van der Waals surface area contributed by atoms with Crippen LogP contribution >= 0.6 is 0 Å². The molecule has 3 saturated carbocycles. The quantitative estimate of drug-likeness (QED) is 0.744. The molecule has 1 aliphatic heterocycles. The van der Waals surface area contributed by atoms with E-state index in [1.165, 1.54) is 38.5 Å². The van der Waals surface area contributed by atoms with Crippen molar-refractivity contribution in [1.82, 2.24) is 4.90 Å². The van der Waals surface area contributed by atoms with Gasteiger partial charge in [0.15, 0.2) is 0 Å². The van der Waals surface area contributed by atoms with Crippen molar-refractivity contribution < 1.29 is 4.79 Å². The highest BCUT2D eigenvalue weighted by atomic mass is 16.2. The zero-order chi connectivity index (χ0) is 14.8. The van der Waals surface area contributed by atoms with Crippen molar-refractivity contribution in [2.75, 3.05) is 7.05 Å². The molecule has 4 rings (SSSR count). The Morgan fingerprint density at radius 2 is 1.81 bits per heavy atom. The molecule has 21 heavy (non-hydrogen) atoms. The first kappa shape index (κ1) is 13.8. The summed E-state index contributed by atoms with van der Waals surface area (Å²) in [6, 6.07) is 0.857. The van der Waals surface area contributed by atoms with E-state index < -0.39 is 0 Å². The number of hydrogen-bond donors (Lipinski definition) is 1. The third-order valence-corrected chi connectivity index (χ3v) is 7.50. The van der Waals surface area contributed by atoms with Gasteiger partial charge in [0, 0.05) is 24.5 Å². The lowest BCUT2D eigenvalue weighted by Crippen LogP contribution is -2.58. The Bertz CT molecular complexity index is 488. The molecule has 0 aromatic carbocycles. The Labute approximate surface area is 127 Å². The second-order valence-corrected chi connectivity index (χ2v) is 8.16. The van der Waals surface area contributed by atoms with Gasteiger partial charge in [0.25, 0.3) is 0 Å². The Kier molecular flexibility index (Phi) is 3.01. The number of carbonyl (C=O) groups excluding carboxylic acids is 1. The summed E-state index contributed by atoms with van der Waals surface area (Å²) >= 11 is 0. The maximum Gasteiger partial charge on any atom is 0.246 e. The predicted octanol–water partition coefficient (Wildman–Crippen LogP) is 2.56. The molecule has 0 saturated heterocycles. The summed E-state index contributed by atoms with van der Waals surface area (Å²) in [5.41, 5.74) is 6.53. The lowest BCUT2D eigenvalue weighted by Gasteiger charge is -2.58. The van der Waals surface area contributed by atoms with E-state index in [0.717, 1.165) is 23.7 Å². The number of nitrogens with two attached hydrogens (primary N) is 1. The topological polar surface area (TPSA) is 46.3 Å². The first-order valence-electron chi connectivity index (χ1n) is 8.74. The highest BCUT2D eigenvalue weighted by Crippen LogP contribution is 2.59. The Morgan fingerprint density at radius 3 is 2.62 bits per heavy atom. The molecule has 3 aliphatic carbocycles. The van der Waals surface area contributed by atoms with Gasteiger partial charge >= 0.3 is 0 Å². The van der Waals surface area contributed by atoms with Crippen molar-refractivity contribution in [2.45, 2.75) is 57.5 Å². The summed E-state index contributed by atoms with van der Waals surface area (Å²) in [6.07, 6.45) is 11.7. The number of amides is 1. The van der Waals surface area contributed by atoms with Crippen LogP contribution in [0.15, 0.2) is 12.2 Å². The van der Waals surface area contributed by atoms with E-state index in [9.17, 15) is 4.79 Å². The van der Waals surface area contributed by atoms with Gasteiger partial charge in [0.05, 0.1) is 0 Å². The van der Waals surface area contributed by atoms with Crippen molar-refractivity contribution in [3.05, 3.63) is 12.2 Å². The summed E-state index contributed by atoms with van der Waals surface area (Å²) in [7, 11) is 1.99. The second kappa shape index (κ2) is 4.58. The van der Waals surface area contributed by atoms with Crippen LogP contribution < -0.4 is 5.73 Å². The smallest absolute Gasteiger partial charge is 0.246 e. The zero-order valence-electron chi connectivity index (χ0n) is 13.3. The third-order valence-electron chi connectivity index (χ3n) is 7.50. The van der Waals surface area contributed by atoms with Gasteiger partial charge in [-0.2, -0.15) is 0 Å². The van der Waals surface area contributed by atoms with Crippen LogP contribution in [0.25, 0.3) is 0 Å². The van der Waals surface area contributed by atoms with Crippen LogP contribution in [-0.4, -0.2) is 29.9 Å². The summed E-state index contributed by atoms with van der Waals surface area (Å²) in [5, 5.41) is 0. The van der Waals surface area contributed by atoms with Crippen LogP contribution in [0.5, 0.6) is 0 Å². The number of likely N-dealkylation sites (N-methyl/N-ethyl adjacent to an activating group) is 1. The first-order chi connectivity index (χ1) is 10.0. The largest absolute Gasteiger partial charge is 0.338 e. The van der Waals surface area contributed by atoms with E-state index in [1.54, 1.807) is 0 Å². The average Bonchev–Trinajstić information content (AvgIpc) is 2.85. The number of hydrogen-bond acceptors (Lipinski definition) is 2. The number of rotatable bonds is 0. The van der Waals surface area contributed by atoms with E-state index in [-0.39, 0.29) is 11.3 Å². The van der Waals surface area contributed by atoms with Crippen LogP contribution in [-0.2, 0) is 4.79 Å². The van der Waals surface area contributed by atoms with Crippen molar-refractivity contribution in [1.29, 1.82) is 0 Å². The molecule has 4 aliphatic rings. The van der Waals surface area contributed by atoms with Crippen LogP contribution in [0.4, 0.5) is 0 Å². The molecule has 1 heterocycles. The van der Waals surface area contributed by atoms with Crippen molar-refractivity contribution in [3.8, 4) is 0 Å². The molecular weight excluding hydrogens is 260 g/mol. The molecule has 3 nitrogen and oxygen atoms in total. The minimum atomic E-state index is 0.184. The van der Waals surface area contributed by atoms with Crippen LogP contribution in [0.3, 0.4) is 0 Å².